The maximum absolute atomic E-state index is 13.6. The monoisotopic (exact) mass is 509 g/mol. The molecule has 1 aromatic heterocycles. The fourth-order valence-electron chi connectivity index (χ4n) is 6.03. The Morgan fingerprint density at radius 2 is 1.55 bits per heavy atom. The van der Waals surface area contributed by atoms with Gasteiger partial charge < -0.3 is 9.30 Å². The number of fused-ring (bicyclic) bond motifs is 1. The Balaban J connectivity index is 1.54. The van der Waals surface area contributed by atoms with Gasteiger partial charge in [0.1, 0.15) is 0 Å². The highest BCUT2D eigenvalue weighted by atomic mass is 16.5. The second-order valence-electron chi connectivity index (χ2n) is 10.2. The number of benzene rings is 3. The molecule has 196 valence electrons. The molecule has 0 N–H and O–H groups in total. The number of likely N-dealkylation sites (tertiary alicyclic amines) is 1. The van der Waals surface area contributed by atoms with E-state index in [2.05, 4.69) is 84.4 Å². The second-order valence-corrected chi connectivity index (χ2v) is 10.2. The summed E-state index contributed by atoms with van der Waals surface area (Å²) in [7, 11) is 0. The van der Waals surface area contributed by atoms with Crippen molar-refractivity contribution in [2.24, 2.45) is 0 Å². The van der Waals surface area contributed by atoms with Crippen LogP contribution < -0.4 is 5.56 Å². The number of hydrogen-bond acceptors (Lipinski definition) is 5. The molecule has 6 nitrogen and oxygen atoms in total. The topological polar surface area (TPSA) is 64.4 Å². The Labute approximate surface area is 223 Å². The van der Waals surface area contributed by atoms with Crippen molar-refractivity contribution in [3.05, 3.63) is 112 Å². The zero-order valence-corrected chi connectivity index (χ0v) is 22.3. The van der Waals surface area contributed by atoms with Crippen molar-refractivity contribution in [3.63, 3.8) is 0 Å². The van der Waals surface area contributed by atoms with Gasteiger partial charge in [0.2, 0.25) is 5.69 Å². The maximum Gasteiger partial charge on any atom is 0.362 e. The third-order valence-corrected chi connectivity index (χ3v) is 7.69. The van der Waals surface area contributed by atoms with Gasteiger partial charge in [-0.1, -0.05) is 72.8 Å². The van der Waals surface area contributed by atoms with Crippen molar-refractivity contribution < 1.29 is 9.53 Å². The molecule has 1 fully saturated rings. The Morgan fingerprint density at radius 1 is 0.947 bits per heavy atom. The summed E-state index contributed by atoms with van der Waals surface area (Å²) in [5.74, 6) is -0.673. The highest BCUT2D eigenvalue weighted by molar-refractivity contribution is 5.89. The number of nitrogens with zero attached hydrogens (tertiary/aromatic N) is 3. The van der Waals surface area contributed by atoms with E-state index in [1.807, 2.05) is 24.3 Å². The van der Waals surface area contributed by atoms with Gasteiger partial charge >= 0.3 is 5.97 Å². The largest absolute Gasteiger partial charge is 0.461 e. The summed E-state index contributed by atoms with van der Waals surface area (Å²) in [5, 5.41) is 0. The third-order valence-electron chi connectivity index (χ3n) is 7.69. The summed E-state index contributed by atoms with van der Waals surface area (Å²) in [6.45, 7) is 6.30. The lowest BCUT2D eigenvalue weighted by molar-refractivity contribution is 0.0516. The van der Waals surface area contributed by atoms with Crippen LogP contribution >= 0.6 is 0 Å². The number of aromatic nitrogens is 2. The van der Waals surface area contributed by atoms with Crippen LogP contribution in [0.2, 0.25) is 0 Å². The van der Waals surface area contributed by atoms with Gasteiger partial charge in [0, 0.05) is 18.1 Å². The Hall–Kier alpha value is -3.77. The van der Waals surface area contributed by atoms with Crippen molar-refractivity contribution in [2.45, 2.75) is 64.2 Å². The van der Waals surface area contributed by atoms with Gasteiger partial charge in [-0.25, -0.2) is 9.78 Å². The molecule has 4 aromatic rings. The highest BCUT2D eigenvalue weighted by Gasteiger charge is 2.38. The summed E-state index contributed by atoms with van der Waals surface area (Å²) in [6, 6.07) is 29.5. The number of hydrogen-bond donors (Lipinski definition) is 0. The Morgan fingerprint density at radius 3 is 2.18 bits per heavy atom. The summed E-state index contributed by atoms with van der Waals surface area (Å²) in [5.41, 5.74) is 3.33. The molecule has 3 aromatic carbocycles. The molecule has 0 saturated carbocycles. The second kappa shape index (κ2) is 11.3. The first-order valence-corrected chi connectivity index (χ1v) is 13.5. The van der Waals surface area contributed by atoms with Crippen molar-refractivity contribution in [1.82, 2.24) is 14.5 Å². The first-order valence-electron chi connectivity index (χ1n) is 13.5. The van der Waals surface area contributed by atoms with Crippen LogP contribution in [-0.2, 0) is 4.74 Å². The maximum atomic E-state index is 13.6. The van der Waals surface area contributed by atoms with Gasteiger partial charge in [-0.15, -0.1) is 0 Å². The number of para-hydroxylation sites is 2. The van der Waals surface area contributed by atoms with E-state index in [4.69, 9.17) is 4.74 Å². The van der Waals surface area contributed by atoms with E-state index in [0.29, 0.717) is 11.6 Å². The summed E-state index contributed by atoms with van der Waals surface area (Å²) >= 11 is 0. The number of rotatable bonds is 8. The predicted molar refractivity (Wildman–Crippen MR) is 150 cm³/mol. The lowest BCUT2D eigenvalue weighted by Gasteiger charge is -2.38. The number of ether oxygens (including phenoxy) is 1. The van der Waals surface area contributed by atoms with Gasteiger partial charge in [-0.3, -0.25) is 9.69 Å². The van der Waals surface area contributed by atoms with Crippen molar-refractivity contribution in [1.29, 1.82) is 0 Å². The molecule has 1 aliphatic rings. The molecule has 0 bridgehead atoms. The molecular formula is C32H35N3O3. The van der Waals surface area contributed by atoms with Gasteiger partial charge in [-0.2, -0.15) is 0 Å². The minimum Gasteiger partial charge on any atom is -0.461 e. The smallest absolute Gasteiger partial charge is 0.362 e. The van der Waals surface area contributed by atoms with E-state index >= 15 is 0 Å². The molecule has 38 heavy (non-hydrogen) atoms. The molecule has 6 heteroatoms. The van der Waals surface area contributed by atoms with E-state index in [1.54, 1.807) is 11.5 Å². The van der Waals surface area contributed by atoms with E-state index in [1.165, 1.54) is 11.1 Å². The van der Waals surface area contributed by atoms with Crippen LogP contribution in [0.25, 0.3) is 11.0 Å². The Kier molecular flexibility index (Phi) is 7.70. The van der Waals surface area contributed by atoms with Crippen LogP contribution in [0, 0.1) is 0 Å². The molecule has 1 aliphatic heterocycles. The number of esters is 1. The molecule has 0 amide bonds. The standard InChI is InChI=1S/C32H35N3O3/c1-4-38-32(37)29-31(36)35(28-18-12-11-17-27(28)33-29)23(3)21-26-20-19-22(2)34(26)30(24-13-7-5-8-14-24)25-15-9-6-10-16-25/h5-18,22-23,26,30H,4,19-21H2,1-3H3/t22?,23-,26-/m0/s1. The van der Waals surface area contributed by atoms with Gasteiger partial charge in [0.25, 0.3) is 5.56 Å². The first-order chi connectivity index (χ1) is 18.5. The van der Waals surface area contributed by atoms with Crippen LogP contribution in [0.3, 0.4) is 0 Å². The fraction of sp³-hybridized carbons (Fsp3) is 0.344. The molecule has 3 atom stereocenters. The molecule has 5 rings (SSSR count). The van der Waals surface area contributed by atoms with E-state index < -0.39 is 11.5 Å². The van der Waals surface area contributed by atoms with Gasteiger partial charge in [0.15, 0.2) is 0 Å². The SMILES string of the molecule is CCOC(=O)c1nc2ccccc2n([C@@H](C)C[C@@H]2CCC(C)N2C(c2ccccc2)c2ccccc2)c1=O. The van der Waals surface area contributed by atoms with Gasteiger partial charge in [0.05, 0.1) is 23.7 Å². The number of carbonyl (C=O) groups excluding carboxylic acids is 1. The molecule has 1 unspecified atom stereocenters. The van der Waals surface area contributed by atoms with Crippen LogP contribution in [0.5, 0.6) is 0 Å². The van der Waals surface area contributed by atoms with Crippen LogP contribution in [0.4, 0.5) is 0 Å². The third kappa shape index (κ3) is 5.01. The quantitative estimate of drug-likeness (QED) is 0.266. The van der Waals surface area contributed by atoms with Crippen LogP contribution in [-0.4, -0.2) is 39.1 Å². The van der Waals surface area contributed by atoms with E-state index in [0.717, 1.165) is 24.8 Å². The molecule has 0 aliphatic carbocycles. The minimum absolute atomic E-state index is 0.119. The highest BCUT2D eigenvalue weighted by Crippen LogP contribution is 2.40. The minimum atomic E-state index is -0.673. The molecular weight excluding hydrogens is 474 g/mol. The predicted octanol–water partition coefficient (Wildman–Crippen LogP) is 6.17. The van der Waals surface area contributed by atoms with E-state index in [9.17, 15) is 9.59 Å². The van der Waals surface area contributed by atoms with Crippen molar-refractivity contribution in [3.8, 4) is 0 Å². The van der Waals surface area contributed by atoms with E-state index in [-0.39, 0.29) is 30.4 Å². The zero-order chi connectivity index (χ0) is 26.6. The van der Waals surface area contributed by atoms with Gasteiger partial charge in [-0.05, 0) is 63.3 Å². The Bertz CT molecular complexity index is 1410. The van der Waals surface area contributed by atoms with Crippen molar-refractivity contribution >= 4 is 17.0 Å². The average Bonchev–Trinajstić information content (AvgIpc) is 3.29. The zero-order valence-electron chi connectivity index (χ0n) is 22.3. The van der Waals surface area contributed by atoms with Crippen LogP contribution in [0.15, 0.2) is 89.7 Å². The first kappa shape index (κ1) is 25.9. The summed E-state index contributed by atoms with van der Waals surface area (Å²) in [4.78, 5) is 33.3. The van der Waals surface area contributed by atoms with Crippen molar-refractivity contribution in [2.75, 3.05) is 6.61 Å². The summed E-state index contributed by atoms with van der Waals surface area (Å²) < 4.78 is 6.91. The molecule has 0 radical (unpaired) electrons. The number of carbonyl (C=O) groups is 1. The molecule has 0 spiro atoms. The lowest BCUT2D eigenvalue weighted by Crippen LogP contribution is -2.40. The lowest BCUT2D eigenvalue weighted by atomic mass is 9.94. The molecule has 1 saturated heterocycles. The van der Waals surface area contributed by atoms with Crippen LogP contribution in [0.1, 0.15) is 73.7 Å². The average molecular weight is 510 g/mol. The normalized spacial score (nSPS) is 18.6. The fourth-order valence-corrected chi connectivity index (χ4v) is 6.03. The summed E-state index contributed by atoms with van der Waals surface area (Å²) in [6.07, 6.45) is 2.91. The molecule has 2 heterocycles.